The van der Waals surface area contributed by atoms with Gasteiger partial charge in [-0.05, 0) is 25.1 Å². The van der Waals surface area contributed by atoms with Gasteiger partial charge in [0.1, 0.15) is 5.82 Å². The van der Waals surface area contributed by atoms with Gasteiger partial charge in [0.2, 0.25) is 5.91 Å². The summed E-state index contributed by atoms with van der Waals surface area (Å²) < 4.78 is 14.9. The minimum atomic E-state index is -0.526. The number of halogens is 1. The smallest absolute Gasteiger partial charge is 0.321 e. The second kappa shape index (κ2) is 7.60. The second-order valence-corrected chi connectivity index (χ2v) is 5.20. The van der Waals surface area contributed by atoms with Crippen LogP contribution in [-0.2, 0) is 4.79 Å². The van der Waals surface area contributed by atoms with Crippen molar-refractivity contribution >= 4 is 23.7 Å². The summed E-state index contributed by atoms with van der Waals surface area (Å²) in [6.07, 6.45) is 3.24. The molecule has 0 fully saturated rings. The van der Waals surface area contributed by atoms with E-state index < -0.39 is 11.9 Å². The number of nitrogens with zero attached hydrogens (tertiary/aromatic N) is 2. The number of carbonyl (C=O) groups excluding carboxylic acids is 2. The molecule has 0 saturated carbocycles. The molecule has 3 amide bonds. The Kier molecular flexibility index (Phi) is 5.54. The van der Waals surface area contributed by atoms with Crippen molar-refractivity contribution in [3.8, 4) is 5.69 Å². The van der Waals surface area contributed by atoms with Gasteiger partial charge in [0, 0.05) is 18.9 Å². The second-order valence-electron chi connectivity index (χ2n) is 4.26. The molecule has 0 unspecified atom stereocenters. The molecule has 2 N–H and O–H groups in total. The molecule has 0 spiro atoms. The normalized spacial score (nSPS) is 10.3. The zero-order valence-corrected chi connectivity index (χ0v) is 12.7. The number of nitrogens with one attached hydrogen (secondary N) is 2. The number of benzene rings is 1. The first-order valence-electron chi connectivity index (χ1n) is 6.60. The number of carbonyl (C=O) groups is 2. The number of hydrogen-bond acceptors (Lipinski definition) is 4. The third-order valence-corrected chi connectivity index (χ3v) is 3.58. The first kappa shape index (κ1) is 16.0. The molecule has 1 aromatic carbocycles. The summed E-state index contributed by atoms with van der Waals surface area (Å²) in [5, 5.41) is 5.21. The van der Waals surface area contributed by atoms with Crippen molar-refractivity contribution < 1.29 is 14.0 Å². The highest BCUT2D eigenvalue weighted by molar-refractivity contribution is 7.99. The van der Waals surface area contributed by atoms with E-state index in [2.05, 4.69) is 15.6 Å². The van der Waals surface area contributed by atoms with E-state index in [1.165, 1.54) is 12.1 Å². The molecular weight excluding hydrogens is 307 g/mol. The maximum Gasteiger partial charge on any atom is 0.321 e. The van der Waals surface area contributed by atoms with Crippen LogP contribution in [0.4, 0.5) is 9.18 Å². The van der Waals surface area contributed by atoms with Crippen molar-refractivity contribution in [1.82, 2.24) is 20.2 Å². The van der Waals surface area contributed by atoms with Gasteiger partial charge in [0.25, 0.3) is 0 Å². The number of urea groups is 1. The van der Waals surface area contributed by atoms with Gasteiger partial charge in [-0.25, -0.2) is 14.2 Å². The number of hydrogen-bond donors (Lipinski definition) is 2. The molecule has 6 nitrogen and oxygen atoms in total. The Hall–Kier alpha value is -2.35. The van der Waals surface area contributed by atoms with Crippen LogP contribution >= 0.6 is 11.8 Å². The van der Waals surface area contributed by atoms with Crippen LogP contribution in [0, 0.1) is 5.82 Å². The maximum atomic E-state index is 13.3. The summed E-state index contributed by atoms with van der Waals surface area (Å²) in [6, 6.07) is 5.54. The van der Waals surface area contributed by atoms with E-state index in [1.54, 1.807) is 36.0 Å². The third kappa shape index (κ3) is 4.32. The van der Waals surface area contributed by atoms with Gasteiger partial charge >= 0.3 is 6.03 Å². The maximum absolute atomic E-state index is 13.3. The first-order chi connectivity index (χ1) is 10.6. The fraction of sp³-hybridized carbons (Fsp3) is 0.214. The monoisotopic (exact) mass is 322 g/mol. The number of amides is 3. The predicted molar refractivity (Wildman–Crippen MR) is 81.5 cm³/mol. The van der Waals surface area contributed by atoms with Crippen molar-refractivity contribution in [3.05, 3.63) is 42.5 Å². The van der Waals surface area contributed by atoms with E-state index in [-0.39, 0.29) is 11.6 Å². The van der Waals surface area contributed by atoms with Crippen molar-refractivity contribution in [2.45, 2.75) is 12.1 Å². The number of rotatable bonds is 5. The van der Waals surface area contributed by atoms with Crippen LogP contribution in [0.2, 0.25) is 0 Å². The first-order valence-corrected chi connectivity index (χ1v) is 7.58. The lowest BCUT2D eigenvalue weighted by Crippen LogP contribution is -2.40. The molecule has 0 aliphatic carbocycles. The Morgan fingerprint density at radius 3 is 2.95 bits per heavy atom. The SMILES string of the molecule is CCNC(=O)NC(=O)CSc1nccn1-c1cccc(F)c1. The van der Waals surface area contributed by atoms with Gasteiger partial charge in [-0.15, -0.1) is 0 Å². The van der Waals surface area contributed by atoms with Crippen molar-refractivity contribution in [2.75, 3.05) is 12.3 Å². The molecule has 0 aliphatic rings. The van der Waals surface area contributed by atoms with Gasteiger partial charge in [0.05, 0.1) is 11.4 Å². The standard InChI is InChI=1S/C14H15FN4O2S/c1-2-16-13(21)18-12(20)9-22-14-17-6-7-19(14)11-5-3-4-10(15)8-11/h3-8H,2,9H2,1H3,(H2,16,18,20,21). The third-order valence-electron chi connectivity index (χ3n) is 2.62. The highest BCUT2D eigenvalue weighted by Crippen LogP contribution is 2.20. The summed E-state index contributed by atoms with van der Waals surface area (Å²) in [7, 11) is 0. The fourth-order valence-electron chi connectivity index (χ4n) is 1.72. The Morgan fingerprint density at radius 2 is 2.23 bits per heavy atom. The van der Waals surface area contributed by atoms with Gasteiger partial charge in [-0.3, -0.25) is 14.7 Å². The molecule has 2 rings (SSSR count). The Morgan fingerprint density at radius 1 is 1.41 bits per heavy atom. The van der Waals surface area contributed by atoms with Crippen LogP contribution in [0.5, 0.6) is 0 Å². The van der Waals surface area contributed by atoms with Gasteiger partial charge in [0.15, 0.2) is 5.16 Å². The number of thioether (sulfide) groups is 1. The zero-order valence-electron chi connectivity index (χ0n) is 11.9. The highest BCUT2D eigenvalue weighted by Gasteiger charge is 2.11. The van der Waals surface area contributed by atoms with Gasteiger partial charge in [-0.1, -0.05) is 17.8 Å². The molecule has 0 radical (unpaired) electrons. The van der Waals surface area contributed by atoms with Gasteiger partial charge in [-0.2, -0.15) is 0 Å². The minimum absolute atomic E-state index is 0.0312. The average Bonchev–Trinajstić information content (AvgIpc) is 2.93. The van der Waals surface area contributed by atoms with E-state index in [0.717, 1.165) is 11.8 Å². The quantitative estimate of drug-likeness (QED) is 0.825. The van der Waals surface area contributed by atoms with Crippen LogP contribution in [0.3, 0.4) is 0 Å². The summed E-state index contributed by atoms with van der Waals surface area (Å²) in [4.78, 5) is 27.0. The average molecular weight is 322 g/mol. The fourth-order valence-corrected chi connectivity index (χ4v) is 2.49. The molecule has 0 atom stereocenters. The van der Waals surface area contributed by atoms with E-state index in [1.807, 2.05) is 0 Å². The van der Waals surface area contributed by atoms with Crippen LogP contribution in [0.1, 0.15) is 6.92 Å². The Bertz CT molecular complexity index is 674. The summed E-state index contributed by atoms with van der Waals surface area (Å²) in [5.74, 6) is -0.746. The topological polar surface area (TPSA) is 76.0 Å². The minimum Gasteiger partial charge on any atom is -0.338 e. The van der Waals surface area contributed by atoms with Crippen LogP contribution in [0.25, 0.3) is 5.69 Å². The molecule has 1 heterocycles. The molecule has 0 aliphatic heterocycles. The van der Waals surface area contributed by atoms with E-state index in [4.69, 9.17) is 0 Å². The molecule has 22 heavy (non-hydrogen) atoms. The molecular formula is C14H15FN4O2S. The molecule has 1 aromatic heterocycles. The zero-order chi connectivity index (χ0) is 15.9. The largest absolute Gasteiger partial charge is 0.338 e. The lowest BCUT2D eigenvalue weighted by Gasteiger charge is -2.08. The van der Waals surface area contributed by atoms with Crippen molar-refractivity contribution in [2.24, 2.45) is 0 Å². The van der Waals surface area contributed by atoms with E-state index >= 15 is 0 Å². The van der Waals surface area contributed by atoms with Crippen LogP contribution in [-0.4, -0.2) is 33.8 Å². The van der Waals surface area contributed by atoms with E-state index in [0.29, 0.717) is 17.4 Å². The molecule has 116 valence electrons. The Labute approximate surface area is 131 Å². The lowest BCUT2D eigenvalue weighted by molar-refractivity contribution is -0.117. The van der Waals surface area contributed by atoms with Crippen LogP contribution in [0.15, 0.2) is 41.8 Å². The number of imide groups is 1. The highest BCUT2D eigenvalue weighted by atomic mass is 32.2. The number of aromatic nitrogens is 2. The lowest BCUT2D eigenvalue weighted by atomic mass is 10.3. The summed E-state index contributed by atoms with van der Waals surface area (Å²) in [5.41, 5.74) is 0.615. The summed E-state index contributed by atoms with van der Waals surface area (Å²) in [6.45, 7) is 2.20. The molecule has 2 aromatic rings. The molecule has 0 saturated heterocycles. The molecule has 8 heteroatoms. The van der Waals surface area contributed by atoms with Gasteiger partial charge < -0.3 is 5.32 Å². The van der Waals surface area contributed by atoms with Crippen molar-refractivity contribution in [1.29, 1.82) is 0 Å². The molecule has 0 bridgehead atoms. The van der Waals surface area contributed by atoms with Crippen LogP contribution < -0.4 is 10.6 Å². The number of imidazole rings is 1. The van der Waals surface area contributed by atoms with Crippen molar-refractivity contribution in [3.63, 3.8) is 0 Å². The predicted octanol–water partition coefficient (Wildman–Crippen LogP) is 1.95. The summed E-state index contributed by atoms with van der Waals surface area (Å²) >= 11 is 1.16. The van der Waals surface area contributed by atoms with E-state index in [9.17, 15) is 14.0 Å². The Balaban J connectivity index is 1.99.